The molecule has 0 radical (unpaired) electrons. The predicted octanol–water partition coefficient (Wildman–Crippen LogP) is 3.23. The molecule has 1 saturated heterocycles. The van der Waals surface area contributed by atoms with Crippen molar-refractivity contribution in [3.05, 3.63) is 24.3 Å². The number of benzene rings is 1. The second-order valence-electron chi connectivity index (χ2n) is 8.71. The first-order chi connectivity index (χ1) is 14.4. The number of carbonyl (C=O) groups excluding carboxylic acids is 3. The van der Waals surface area contributed by atoms with Gasteiger partial charge in [-0.2, -0.15) is 0 Å². The lowest BCUT2D eigenvalue weighted by Gasteiger charge is -2.32. The van der Waals surface area contributed by atoms with Crippen LogP contribution in [0.15, 0.2) is 24.3 Å². The first-order valence-electron chi connectivity index (χ1n) is 10.9. The van der Waals surface area contributed by atoms with Crippen LogP contribution in [-0.2, 0) is 4.79 Å². The molecule has 4 N–H and O–H groups in total. The fourth-order valence-electron chi connectivity index (χ4n) is 3.40. The zero-order chi connectivity index (χ0) is 21.5. The fourth-order valence-corrected chi connectivity index (χ4v) is 3.40. The Balaban J connectivity index is 1.45. The maximum Gasteiger partial charge on any atom is 0.321 e. The first-order valence-corrected chi connectivity index (χ1v) is 10.9. The van der Waals surface area contributed by atoms with Crippen LogP contribution >= 0.6 is 0 Å². The van der Waals surface area contributed by atoms with Gasteiger partial charge in [-0.25, -0.2) is 9.59 Å². The van der Waals surface area contributed by atoms with Gasteiger partial charge in [-0.1, -0.05) is 13.8 Å². The van der Waals surface area contributed by atoms with Gasteiger partial charge in [0.05, 0.1) is 5.92 Å². The second kappa shape index (κ2) is 10.3. The van der Waals surface area contributed by atoms with Crippen molar-refractivity contribution in [3.63, 3.8) is 0 Å². The molecule has 8 nitrogen and oxygen atoms in total. The molecular weight excluding hydrogens is 382 g/mol. The Bertz CT molecular complexity index is 746. The average Bonchev–Trinajstić information content (AvgIpc) is 3.56. The Kier molecular flexibility index (Phi) is 7.54. The van der Waals surface area contributed by atoms with E-state index in [9.17, 15) is 14.4 Å². The Morgan fingerprint density at radius 2 is 1.67 bits per heavy atom. The third kappa shape index (κ3) is 6.93. The van der Waals surface area contributed by atoms with Gasteiger partial charge in [0.25, 0.3) is 0 Å². The summed E-state index contributed by atoms with van der Waals surface area (Å²) in [4.78, 5) is 38.5. The molecule has 30 heavy (non-hydrogen) atoms. The molecule has 0 unspecified atom stereocenters. The van der Waals surface area contributed by atoms with Crippen LogP contribution in [0.5, 0.6) is 0 Å². The van der Waals surface area contributed by atoms with Gasteiger partial charge in [-0.3, -0.25) is 4.79 Å². The molecule has 8 heteroatoms. The van der Waals surface area contributed by atoms with Gasteiger partial charge in [0.2, 0.25) is 5.91 Å². The van der Waals surface area contributed by atoms with Crippen LogP contribution in [0, 0.1) is 17.8 Å². The summed E-state index contributed by atoms with van der Waals surface area (Å²) in [6, 6.07) is 6.54. The van der Waals surface area contributed by atoms with Crippen LogP contribution < -0.4 is 21.3 Å². The summed E-state index contributed by atoms with van der Waals surface area (Å²) in [5.74, 6) is 0.951. The first kappa shape index (κ1) is 21.9. The summed E-state index contributed by atoms with van der Waals surface area (Å²) in [7, 11) is 0. The number of hydrogen-bond donors (Lipinski definition) is 4. The van der Waals surface area contributed by atoms with Gasteiger partial charge in [0.15, 0.2) is 0 Å². The van der Waals surface area contributed by atoms with Crippen LogP contribution in [0.4, 0.5) is 21.0 Å². The topological polar surface area (TPSA) is 103 Å². The molecule has 1 aromatic carbocycles. The number of likely N-dealkylation sites (tertiary alicyclic amines) is 1. The lowest BCUT2D eigenvalue weighted by molar-refractivity contribution is -0.126. The van der Waals surface area contributed by atoms with Crippen molar-refractivity contribution in [2.24, 2.45) is 17.8 Å². The molecule has 5 amide bonds. The van der Waals surface area contributed by atoms with Crippen LogP contribution in [0.1, 0.15) is 39.5 Å². The number of nitrogens with zero attached hydrogens (tertiary/aromatic N) is 1. The Morgan fingerprint density at radius 3 is 2.30 bits per heavy atom. The Morgan fingerprint density at radius 1 is 1.00 bits per heavy atom. The summed E-state index contributed by atoms with van der Waals surface area (Å²) in [5, 5.41) is 11.5. The molecule has 1 atom stereocenters. The molecule has 1 saturated carbocycles. The van der Waals surface area contributed by atoms with Gasteiger partial charge < -0.3 is 26.2 Å². The van der Waals surface area contributed by atoms with Crippen molar-refractivity contribution >= 4 is 29.3 Å². The number of amides is 5. The summed E-state index contributed by atoms with van der Waals surface area (Å²) < 4.78 is 0. The summed E-state index contributed by atoms with van der Waals surface area (Å²) in [5.41, 5.74) is 1.30. The van der Waals surface area contributed by atoms with Gasteiger partial charge in [-0.15, -0.1) is 0 Å². The molecule has 1 aromatic rings. The van der Waals surface area contributed by atoms with E-state index < -0.39 is 0 Å². The number of anilines is 2. The molecular formula is C22H33N5O3. The van der Waals surface area contributed by atoms with E-state index >= 15 is 0 Å². The van der Waals surface area contributed by atoms with Gasteiger partial charge in [0.1, 0.15) is 0 Å². The quantitative estimate of drug-likeness (QED) is 0.550. The van der Waals surface area contributed by atoms with Gasteiger partial charge >= 0.3 is 12.1 Å². The minimum atomic E-state index is -0.250. The predicted molar refractivity (Wildman–Crippen MR) is 117 cm³/mol. The maximum atomic E-state index is 12.6. The second-order valence-corrected chi connectivity index (χ2v) is 8.71. The number of urea groups is 2. The average molecular weight is 416 g/mol. The van der Waals surface area contributed by atoms with Crippen molar-refractivity contribution < 1.29 is 14.4 Å². The molecule has 2 fully saturated rings. The zero-order valence-corrected chi connectivity index (χ0v) is 17.9. The Labute approximate surface area is 178 Å². The number of rotatable bonds is 7. The molecule has 2 aliphatic rings. The molecule has 0 aromatic heterocycles. The van der Waals surface area contributed by atoms with Crippen molar-refractivity contribution in [3.8, 4) is 0 Å². The van der Waals surface area contributed by atoms with E-state index in [4.69, 9.17) is 0 Å². The number of hydrogen-bond acceptors (Lipinski definition) is 3. The minimum Gasteiger partial charge on any atom is -0.356 e. The SMILES string of the molecule is CC(C)CNC(=O)Nc1ccc(NC(=O)N2CCC[C@H](C(=O)NCC3CC3)C2)cc1. The molecule has 1 aliphatic carbocycles. The van der Waals surface area contributed by atoms with Crippen LogP contribution in [0.25, 0.3) is 0 Å². The number of carbonyl (C=O) groups is 3. The highest BCUT2D eigenvalue weighted by Crippen LogP contribution is 2.28. The van der Waals surface area contributed by atoms with Crippen LogP contribution in [0.3, 0.4) is 0 Å². The maximum absolute atomic E-state index is 12.6. The fraction of sp³-hybridized carbons (Fsp3) is 0.591. The third-order valence-corrected chi connectivity index (χ3v) is 5.41. The highest BCUT2D eigenvalue weighted by molar-refractivity contribution is 5.92. The molecule has 1 heterocycles. The lowest BCUT2D eigenvalue weighted by atomic mass is 9.97. The summed E-state index contributed by atoms with van der Waals surface area (Å²) in [6.07, 6.45) is 4.05. The zero-order valence-electron chi connectivity index (χ0n) is 17.9. The molecule has 1 aliphatic heterocycles. The normalized spacial score (nSPS) is 18.6. The smallest absolute Gasteiger partial charge is 0.321 e. The molecule has 0 bridgehead atoms. The van der Waals surface area contributed by atoms with E-state index in [1.807, 2.05) is 13.8 Å². The number of piperidine rings is 1. The Hall–Kier alpha value is -2.77. The van der Waals surface area contributed by atoms with Crippen molar-refractivity contribution in [2.45, 2.75) is 39.5 Å². The van der Waals surface area contributed by atoms with Crippen molar-refractivity contribution in [2.75, 3.05) is 36.8 Å². The van der Waals surface area contributed by atoms with E-state index in [0.717, 1.165) is 19.4 Å². The van der Waals surface area contributed by atoms with E-state index in [-0.39, 0.29) is 23.9 Å². The van der Waals surface area contributed by atoms with Crippen molar-refractivity contribution in [1.29, 1.82) is 0 Å². The van der Waals surface area contributed by atoms with E-state index in [0.29, 0.717) is 42.8 Å². The third-order valence-electron chi connectivity index (χ3n) is 5.41. The largest absolute Gasteiger partial charge is 0.356 e. The van der Waals surface area contributed by atoms with Gasteiger partial charge in [0, 0.05) is 37.6 Å². The van der Waals surface area contributed by atoms with Crippen molar-refractivity contribution in [1.82, 2.24) is 15.5 Å². The summed E-state index contributed by atoms with van der Waals surface area (Å²) in [6.45, 7) is 6.52. The summed E-state index contributed by atoms with van der Waals surface area (Å²) >= 11 is 0. The molecule has 164 valence electrons. The minimum absolute atomic E-state index is 0.0607. The standard InChI is InChI=1S/C22H33N5O3/c1-15(2)12-24-21(29)25-18-7-9-19(10-8-18)26-22(30)27-11-3-4-17(14-27)20(28)23-13-16-5-6-16/h7-10,15-17H,3-6,11-14H2,1-2H3,(H,23,28)(H,26,30)(H2,24,25,29)/t17-/m0/s1. The van der Waals surface area contributed by atoms with E-state index in [1.54, 1.807) is 29.2 Å². The highest BCUT2D eigenvalue weighted by Gasteiger charge is 2.30. The van der Waals surface area contributed by atoms with Crippen LogP contribution in [0.2, 0.25) is 0 Å². The van der Waals surface area contributed by atoms with E-state index in [1.165, 1.54) is 12.8 Å². The molecule has 3 rings (SSSR count). The monoisotopic (exact) mass is 415 g/mol. The number of nitrogens with one attached hydrogen (secondary N) is 4. The van der Waals surface area contributed by atoms with Gasteiger partial charge in [-0.05, 0) is 61.8 Å². The highest BCUT2D eigenvalue weighted by atomic mass is 16.2. The molecule has 0 spiro atoms. The van der Waals surface area contributed by atoms with Crippen LogP contribution in [-0.4, -0.2) is 49.0 Å². The lowest BCUT2D eigenvalue weighted by Crippen LogP contribution is -2.47. The van der Waals surface area contributed by atoms with E-state index in [2.05, 4.69) is 21.3 Å².